The number of sulfonamides is 1. The first-order valence-electron chi connectivity index (χ1n) is 11.3. The molecule has 3 aromatic carbocycles. The maximum Gasteiger partial charge on any atom is 0.261 e. The van der Waals surface area contributed by atoms with Gasteiger partial charge in [-0.25, -0.2) is 8.42 Å². The zero-order valence-corrected chi connectivity index (χ0v) is 20.5. The lowest BCUT2D eigenvalue weighted by molar-refractivity contribution is 0.00720. The average molecular weight is 502 g/mol. The third kappa shape index (κ3) is 6.52. The molecule has 188 valence electrons. The lowest BCUT2D eigenvalue weighted by atomic mass is 9.90. The van der Waals surface area contributed by atoms with Gasteiger partial charge in [-0.1, -0.05) is 36.8 Å². The second-order valence-corrected chi connectivity index (χ2v) is 9.94. The molecule has 8 nitrogen and oxygen atoms in total. The summed E-state index contributed by atoms with van der Waals surface area (Å²) >= 11 is 0. The predicted octanol–water partition coefficient (Wildman–Crippen LogP) is 3.35. The minimum atomic E-state index is -3.81. The van der Waals surface area contributed by atoms with E-state index in [0.29, 0.717) is 40.8 Å². The van der Waals surface area contributed by atoms with E-state index in [1.165, 1.54) is 18.2 Å². The summed E-state index contributed by atoms with van der Waals surface area (Å²) in [6.45, 7) is 3.47. The van der Waals surface area contributed by atoms with Gasteiger partial charge in [0, 0.05) is 17.3 Å². The topological polar surface area (TPSA) is 136 Å². The summed E-state index contributed by atoms with van der Waals surface area (Å²) < 4.78 is 33.7. The van der Waals surface area contributed by atoms with Crippen LogP contribution in [0.15, 0.2) is 59.5 Å². The number of anilines is 1. The van der Waals surface area contributed by atoms with Crippen LogP contribution >= 0.6 is 0 Å². The van der Waals surface area contributed by atoms with Crippen LogP contribution in [0.3, 0.4) is 0 Å². The maximum absolute atomic E-state index is 12.8. The number of aliphatic hydroxyl groups is 2. The van der Waals surface area contributed by atoms with E-state index in [9.17, 15) is 23.7 Å². The van der Waals surface area contributed by atoms with Crippen molar-refractivity contribution in [2.24, 2.45) is 0 Å². The van der Waals surface area contributed by atoms with E-state index in [0.717, 1.165) is 5.56 Å². The minimum Gasteiger partial charge on any atom is -0.508 e. The van der Waals surface area contributed by atoms with Crippen LogP contribution in [0, 0.1) is 6.92 Å². The van der Waals surface area contributed by atoms with Gasteiger partial charge in [-0.05, 0) is 60.7 Å². The Morgan fingerprint density at radius 3 is 2.37 bits per heavy atom. The average Bonchev–Trinajstić information content (AvgIpc) is 2.81. The normalized spacial score (nSPS) is 12.5. The molecular weight excluding hydrogens is 470 g/mol. The Hall–Kier alpha value is -3.11. The first-order valence-corrected chi connectivity index (χ1v) is 12.8. The summed E-state index contributed by atoms with van der Waals surface area (Å²) in [6.07, 6.45) is -0.179. The van der Waals surface area contributed by atoms with Crippen molar-refractivity contribution in [1.82, 2.24) is 0 Å². The molecule has 5 N–H and O–H groups in total. The Balaban J connectivity index is 1.95. The highest BCUT2D eigenvalue weighted by Gasteiger charge is 2.20. The molecule has 0 bridgehead atoms. The van der Waals surface area contributed by atoms with E-state index in [1.54, 1.807) is 36.4 Å². The van der Waals surface area contributed by atoms with Crippen molar-refractivity contribution in [3.8, 4) is 22.6 Å². The molecule has 3 aromatic rings. The monoisotopic (exact) mass is 501 g/mol. The van der Waals surface area contributed by atoms with Crippen LogP contribution in [0.4, 0.5) is 5.69 Å². The van der Waals surface area contributed by atoms with Gasteiger partial charge in [-0.2, -0.15) is 0 Å². The molecule has 0 fully saturated rings. The fourth-order valence-electron chi connectivity index (χ4n) is 3.86. The van der Waals surface area contributed by atoms with E-state index in [2.05, 4.69) is 4.72 Å². The third-order valence-corrected chi connectivity index (χ3v) is 7.01. The molecule has 0 spiro atoms. The van der Waals surface area contributed by atoms with Crippen LogP contribution in [0.2, 0.25) is 0 Å². The third-order valence-electron chi connectivity index (χ3n) is 5.61. The van der Waals surface area contributed by atoms with Crippen LogP contribution in [0.1, 0.15) is 23.6 Å². The van der Waals surface area contributed by atoms with E-state index in [-0.39, 0.29) is 29.6 Å². The summed E-state index contributed by atoms with van der Waals surface area (Å²) in [5.74, 6) is -0.195. The van der Waals surface area contributed by atoms with Crippen molar-refractivity contribution in [3.63, 3.8) is 0 Å². The standard InChI is InChI=1S/C26H31NO7S/c1-3-22-23(11-12-34-16-20(29)15-28)26(25(31)14-24(22)30)18-5-4-6-19(13-18)27-35(32,33)21-9-7-17(2)8-10-21/h4-10,13-14,20,27-31H,3,11-12,15-16H2,1-2H3. The van der Waals surface area contributed by atoms with Gasteiger partial charge >= 0.3 is 0 Å². The van der Waals surface area contributed by atoms with E-state index >= 15 is 0 Å². The molecule has 9 heteroatoms. The zero-order valence-electron chi connectivity index (χ0n) is 19.7. The number of aryl methyl sites for hydroxylation is 1. The fraction of sp³-hybridized carbons (Fsp3) is 0.308. The Labute approximate surface area is 205 Å². The number of hydrogen-bond acceptors (Lipinski definition) is 7. The number of phenolic OH excluding ortho intramolecular Hbond substituents is 2. The fourth-order valence-corrected chi connectivity index (χ4v) is 4.91. The second kappa shape index (κ2) is 11.5. The van der Waals surface area contributed by atoms with Crippen LogP contribution in [0.25, 0.3) is 11.1 Å². The Kier molecular flexibility index (Phi) is 8.74. The van der Waals surface area contributed by atoms with Crippen molar-refractivity contribution in [3.05, 3.63) is 71.3 Å². The smallest absolute Gasteiger partial charge is 0.261 e. The molecule has 3 rings (SSSR count). The highest BCUT2D eigenvalue weighted by atomic mass is 32.2. The number of ether oxygens (including phenoxy) is 1. The highest BCUT2D eigenvalue weighted by Crippen LogP contribution is 2.41. The van der Waals surface area contributed by atoms with Gasteiger partial charge in [-0.3, -0.25) is 4.72 Å². The first kappa shape index (κ1) is 26.5. The van der Waals surface area contributed by atoms with Crippen molar-refractivity contribution >= 4 is 15.7 Å². The molecule has 0 aliphatic carbocycles. The molecule has 0 saturated carbocycles. The quantitative estimate of drug-likeness (QED) is 0.254. The number of phenols is 2. The molecule has 0 heterocycles. The number of nitrogens with one attached hydrogen (secondary N) is 1. The second-order valence-electron chi connectivity index (χ2n) is 8.26. The van der Waals surface area contributed by atoms with Gasteiger partial charge in [0.05, 0.1) is 24.7 Å². The summed E-state index contributed by atoms with van der Waals surface area (Å²) in [5, 5.41) is 39.6. The van der Waals surface area contributed by atoms with Gasteiger partial charge in [0.15, 0.2) is 0 Å². The van der Waals surface area contributed by atoms with Crippen molar-refractivity contribution in [1.29, 1.82) is 0 Å². The van der Waals surface area contributed by atoms with Crippen LogP contribution in [-0.2, 0) is 27.6 Å². The lowest BCUT2D eigenvalue weighted by Gasteiger charge is -2.19. The first-order chi connectivity index (χ1) is 16.7. The highest BCUT2D eigenvalue weighted by molar-refractivity contribution is 7.92. The molecule has 1 unspecified atom stereocenters. The molecule has 35 heavy (non-hydrogen) atoms. The summed E-state index contributed by atoms with van der Waals surface area (Å²) in [5.41, 5.74) is 3.58. The molecule has 0 amide bonds. The Morgan fingerprint density at radius 1 is 1.00 bits per heavy atom. The molecule has 0 aliphatic rings. The van der Waals surface area contributed by atoms with Gasteiger partial charge in [0.25, 0.3) is 10.0 Å². The summed E-state index contributed by atoms with van der Waals surface area (Å²) in [7, 11) is -3.81. The SMILES string of the molecule is CCc1c(O)cc(O)c(-c2cccc(NS(=O)(=O)c3ccc(C)cc3)c2)c1CCOCC(O)CO. The Bertz CT molecular complexity index is 1260. The number of aromatic hydroxyl groups is 2. The number of aliphatic hydroxyl groups excluding tert-OH is 2. The van der Waals surface area contributed by atoms with Gasteiger partial charge in [0.1, 0.15) is 17.6 Å². The largest absolute Gasteiger partial charge is 0.508 e. The van der Waals surface area contributed by atoms with Crippen molar-refractivity contribution in [2.75, 3.05) is 24.5 Å². The summed E-state index contributed by atoms with van der Waals surface area (Å²) in [4.78, 5) is 0.136. The van der Waals surface area contributed by atoms with Crippen molar-refractivity contribution in [2.45, 2.75) is 37.7 Å². The maximum atomic E-state index is 12.8. The Morgan fingerprint density at radius 2 is 1.71 bits per heavy atom. The predicted molar refractivity (Wildman–Crippen MR) is 134 cm³/mol. The number of benzene rings is 3. The lowest BCUT2D eigenvalue weighted by Crippen LogP contribution is -2.20. The van der Waals surface area contributed by atoms with Crippen molar-refractivity contribution < 1.29 is 33.6 Å². The molecule has 0 radical (unpaired) electrons. The van der Waals surface area contributed by atoms with Gasteiger partial charge < -0.3 is 25.2 Å². The number of rotatable bonds is 11. The van der Waals surface area contributed by atoms with Gasteiger partial charge in [-0.15, -0.1) is 0 Å². The molecule has 0 aliphatic heterocycles. The zero-order chi connectivity index (χ0) is 25.6. The van der Waals surface area contributed by atoms with Crippen LogP contribution in [-0.4, -0.2) is 54.8 Å². The molecule has 1 atom stereocenters. The van der Waals surface area contributed by atoms with E-state index in [4.69, 9.17) is 9.84 Å². The van der Waals surface area contributed by atoms with Crippen LogP contribution in [0.5, 0.6) is 11.5 Å². The number of hydrogen-bond donors (Lipinski definition) is 5. The van der Waals surface area contributed by atoms with E-state index in [1.807, 2.05) is 13.8 Å². The summed E-state index contributed by atoms with van der Waals surface area (Å²) in [6, 6.07) is 14.5. The molecular formula is C26H31NO7S. The minimum absolute atomic E-state index is 0.0460. The van der Waals surface area contributed by atoms with Crippen LogP contribution < -0.4 is 4.72 Å². The molecule has 0 aromatic heterocycles. The molecule has 0 saturated heterocycles. The van der Waals surface area contributed by atoms with Gasteiger partial charge in [0.2, 0.25) is 0 Å². The van der Waals surface area contributed by atoms with E-state index < -0.39 is 22.7 Å².